The molecule has 32 heavy (non-hydrogen) atoms. The van der Waals surface area contributed by atoms with Crippen molar-refractivity contribution in [1.29, 1.82) is 5.26 Å². The molecule has 164 valence electrons. The molecule has 1 atom stereocenters. The highest BCUT2D eigenvalue weighted by molar-refractivity contribution is 7.16. The van der Waals surface area contributed by atoms with Crippen LogP contribution in [0.15, 0.2) is 53.5 Å². The highest BCUT2D eigenvalue weighted by Gasteiger charge is 2.32. The van der Waals surface area contributed by atoms with Gasteiger partial charge in [0.2, 0.25) is 0 Å². The smallest absolute Gasteiger partial charge is 0.134 e. The number of hydrogen-bond acceptors (Lipinski definition) is 4. The molecule has 1 aliphatic carbocycles. The van der Waals surface area contributed by atoms with E-state index in [-0.39, 0.29) is 11.2 Å². The van der Waals surface area contributed by atoms with E-state index in [9.17, 15) is 9.65 Å². The largest absolute Gasteiger partial charge is 0.489 e. The van der Waals surface area contributed by atoms with E-state index in [1.54, 1.807) is 29.7 Å². The van der Waals surface area contributed by atoms with Crippen LogP contribution in [0.25, 0.3) is 0 Å². The minimum atomic E-state index is -0.257. The lowest BCUT2D eigenvalue weighted by atomic mass is 9.72. The van der Waals surface area contributed by atoms with Crippen molar-refractivity contribution in [2.75, 3.05) is 0 Å². The molecular formula is C27H27FN2OS. The van der Waals surface area contributed by atoms with Crippen LogP contribution in [0.3, 0.4) is 0 Å². The molecule has 0 radical (unpaired) electrons. The Labute approximate surface area is 193 Å². The SMILES string of the molecule is CC(C)(C)[C@@H]1CCc2c(sc(N=Cc3cccc(OCc4ccc(F)cc4)c3)c2C#N)C1. The second kappa shape index (κ2) is 9.26. The van der Waals surface area contributed by atoms with E-state index in [2.05, 4.69) is 31.8 Å². The van der Waals surface area contributed by atoms with Crippen molar-refractivity contribution in [3.8, 4) is 11.8 Å². The lowest BCUT2D eigenvalue weighted by molar-refractivity contribution is 0.218. The molecule has 1 heterocycles. The number of ether oxygens (including phenoxy) is 1. The second-order valence-corrected chi connectivity index (χ2v) is 10.4. The number of benzene rings is 2. The summed E-state index contributed by atoms with van der Waals surface area (Å²) in [6.07, 6.45) is 4.90. The number of nitrogens with zero attached hydrogens (tertiary/aromatic N) is 2. The summed E-state index contributed by atoms with van der Waals surface area (Å²) >= 11 is 1.66. The number of nitriles is 1. The van der Waals surface area contributed by atoms with Crippen LogP contribution in [-0.2, 0) is 19.4 Å². The van der Waals surface area contributed by atoms with Gasteiger partial charge in [-0.2, -0.15) is 5.26 Å². The minimum Gasteiger partial charge on any atom is -0.489 e. The Morgan fingerprint density at radius 2 is 2.00 bits per heavy atom. The zero-order valence-electron chi connectivity index (χ0n) is 18.7. The maximum absolute atomic E-state index is 13.1. The van der Waals surface area contributed by atoms with Crippen molar-refractivity contribution in [3.63, 3.8) is 0 Å². The van der Waals surface area contributed by atoms with Crippen molar-refractivity contribution >= 4 is 22.6 Å². The molecule has 0 spiro atoms. The predicted octanol–water partition coefficient (Wildman–Crippen LogP) is 7.24. The number of hydrogen-bond donors (Lipinski definition) is 0. The van der Waals surface area contributed by atoms with Crippen molar-refractivity contribution < 1.29 is 9.13 Å². The molecule has 0 amide bonds. The molecule has 0 aliphatic heterocycles. The number of aliphatic imine (C=N–C) groups is 1. The molecular weight excluding hydrogens is 419 g/mol. The zero-order valence-corrected chi connectivity index (χ0v) is 19.5. The van der Waals surface area contributed by atoms with Crippen LogP contribution in [0.4, 0.5) is 9.39 Å². The quantitative estimate of drug-likeness (QED) is 0.388. The van der Waals surface area contributed by atoms with E-state index in [1.807, 2.05) is 24.3 Å². The van der Waals surface area contributed by atoms with E-state index in [0.717, 1.165) is 46.7 Å². The van der Waals surface area contributed by atoms with Gasteiger partial charge in [0.1, 0.15) is 29.2 Å². The van der Waals surface area contributed by atoms with Crippen LogP contribution in [0.5, 0.6) is 5.75 Å². The van der Waals surface area contributed by atoms with Crippen LogP contribution in [0.1, 0.15) is 54.3 Å². The summed E-state index contributed by atoms with van der Waals surface area (Å²) in [6, 6.07) is 16.4. The fraction of sp³-hybridized carbons (Fsp3) is 0.333. The van der Waals surface area contributed by atoms with Crippen LogP contribution < -0.4 is 4.74 Å². The molecule has 3 nitrogen and oxygen atoms in total. The average Bonchev–Trinajstić information content (AvgIpc) is 3.14. The number of rotatable bonds is 5. The molecule has 2 aromatic carbocycles. The molecule has 0 saturated heterocycles. The lowest BCUT2D eigenvalue weighted by Gasteiger charge is -2.33. The number of halogens is 1. The van der Waals surface area contributed by atoms with Crippen LogP contribution in [0.2, 0.25) is 0 Å². The van der Waals surface area contributed by atoms with E-state index in [4.69, 9.17) is 4.74 Å². The molecule has 0 unspecified atom stereocenters. The summed E-state index contributed by atoms with van der Waals surface area (Å²) in [5.74, 6) is 1.09. The van der Waals surface area contributed by atoms with Gasteiger partial charge < -0.3 is 4.74 Å². The maximum atomic E-state index is 13.1. The van der Waals surface area contributed by atoms with Gasteiger partial charge in [0.05, 0.1) is 5.56 Å². The molecule has 0 bridgehead atoms. The van der Waals surface area contributed by atoms with Crippen molar-refractivity contribution in [2.24, 2.45) is 16.3 Å². The van der Waals surface area contributed by atoms with Gasteiger partial charge in [-0.15, -0.1) is 11.3 Å². The minimum absolute atomic E-state index is 0.257. The van der Waals surface area contributed by atoms with E-state index < -0.39 is 0 Å². The fourth-order valence-corrected chi connectivity index (χ4v) is 5.30. The third-order valence-electron chi connectivity index (χ3n) is 6.09. The van der Waals surface area contributed by atoms with Gasteiger partial charge in [-0.05, 0) is 71.6 Å². The number of fused-ring (bicyclic) bond motifs is 1. The van der Waals surface area contributed by atoms with E-state index in [1.165, 1.54) is 22.6 Å². The molecule has 3 aromatic rings. The van der Waals surface area contributed by atoms with Gasteiger partial charge in [-0.3, -0.25) is 0 Å². The first-order chi connectivity index (χ1) is 15.3. The number of thiophene rings is 1. The fourth-order valence-electron chi connectivity index (χ4n) is 4.08. The van der Waals surface area contributed by atoms with Crippen molar-refractivity contribution in [1.82, 2.24) is 0 Å². The van der Waals surface area contributed by atoms with Gasteiger partial charge in [0.25, 0.3) is 0 Å². The Balaban J connectivity index is 1.49. The summed E-state index contributed by atoms with van der Waals surface area (Å²) in [4.78, 5) is 6.00. The van der Waals surface area contributed by atoms with Gasteiger partial charge >= 0.3 is 0 Å². The predicted molar refractivity (Wildman–Crippen MR) is 128 cm³/mol. The average molecular weight is 447 g/mol. The maximum Gasteiger partial charge on any atom is 0.134 e. The Morgan fingerprint density at radius 1 is 1.22 bits per heavy atom. The zero-order chi connectivity index (χ0) is 22.7. The first kappa shape index (κ1) is 22.2. The molecule has 0 saturated carbocycles. The molecule has 0 N–H and O–H groups in total. The van der Waals surface area contributed by atoms with E-state index in [0.29, 0.717) is 12.5 Å². The monoisotopic (exact) mass is 446 g/mol. The molecule has 5 heteroatoms. The summed E-state index contributed by atoms with van der Waals surface area (Å²) < 4.78 is 18.9. The Morgan fingerprint density at radius 3 is 2.72 bits per heavy atom. The summed E-state index contributed by atoms with van der Waals surface area (Å²) in [6.45, 7) is 7.26. The summed E-state index contributed by atoms with van der Waals surface area (Å²) in [5, 5.41) is 10.6. The molecule has 1 aromatic heterocycles. The van der Waals surface area contributed by atoms with Gasteiger partial charge in [0, 0.05) is 11.1 Å². The Bertz CT molecular complexity index is 1170. The Hall–Kier alpha value is -2.97. The first-order valence-electron chi connectivity index (χ1n) is 10.9. The van der Waals surface area contributed by atoms with Gasteiger partial charge in [-0.25, -0.2) is 9.38 Å². The summed E-state index contributed by atoms with van der Waals surface area (Å²) in [5.41, 5.74) is 4.01. The first-order valence-corrected chi connectivity index (χ1v) is 11.7. The highest BCUT2D eigenvalue weighted by Crippen LogP contribution is 2.44. The standard InChI is InChI=1S/C27H27FN2OS/c1-27(2,3)20-9-12-23-24(15-29)26(32-25(23)14-20)30-16-19-5-4-6-22(13-19)31-17-18-7-10-21(28)11-8-18/h4-8,10-11,13,16,20H,9,12,14,17H2,1-3H3/t20-/m1/s1. The summed E-state index contributed by atoms with van der Waals surface area (Å²) in [7, 11) is 0. The van der Waals surface area contributed by atoms with Crippen molar-refractivity contribution in [3.05, 3.63) is 81.5 Å². The van der Waals surface area contributed by atoms with Gasteiger partial charge in [0.15, 0.2) is 0 Å². The van der Waals surface area contributed by atoms with Gasteiger partial charge in [-0.1, -0.05) is 45.0 Å². The van der Waals surface area contributed by atoms with Crippen LogP contribution >= 0.6 is 11.3 Å². The highest BCUT2D eigenvalue weighted by atomic mass is 32.1. The topological polar surface area (TPSA) is 45.4 Å². The van der Waals surface area contributed by atoms with E-state index >= 15 is 0 Å². The van der Waals surface area contributed by atoms with Crippen LogP contribution in [-0.4, -0.2) is 6.21 Å². The Kier molecular flexibility index (Phi) is 6.43. The second-order valence-electron chi connectivity index (χ2n) is 9.35. The lowest BCUT2D eigenvalue weighted by Crippen LogP contribution is -2.26. The third kappa shape index (κ3) is 5.08. The third-order valence-corrected chi connectivity index (χ3v) is 7.25. The molecule has 1 aliphatic rings. The normalized spacial score (nSPS) is 16.0. The molecule has 0 fully saturated rings. The molecule has 4 rings (SSSR count). The van der Waals surface area contributed by atoms with Crippen LogP contribution in [0, 0.1) is 28.5 Å². The van der Waals surface area contributed by atoms with Crippen molar-refractivity contribution in [2.45, 2.75) is 46.6 Å².